The van der Waals surface area contributed by atoms with Crippen LogP contribution in [0.25, 0.3) is 22.4 Å². The topological polar surface area (TPSA) is 50.2 Å². The molecule has 3 nitrogen and oxygen atoms in total. The predicted octanol–water partition coefficient (Wildman–Crippen LogP) is 2.17. The molecule has 72 valence electrons. The normalized spacial score (nSPS) is 12.9. The molecule has 3 heteroatoms. The minimum absolute atomic E-state index is 0.328. The monoisotopic (exact) mass is 197 g/mol. The van der Waals surface area contributed by atoms with E-state index in [9.17, 15) is 4.79 Å². The Balaban J connectivity index is 2.45. The third kappa shape index (κ3) is 1.00. The number of benzene rings is 1. The van der Waals surface area contributed by atoms with Crippen molar-refractivity contribution in [1.82, 2.24) is 4.98 Å². The number of aromatic nitrogens is 1. The van der Waals surface area contributed by atoms with E-state index in [0.29, 0.717) is 5.57 Å². The first-order valence-electron chi connectivity index (χ1n) is 4.60. The highest BCUT2D eigenvalue weighted by Gasteiger charge is 2.21. The number of rotatable bonds is 1. The quantitative estimate of drug-likeness (QED) is 0.762. The number of aliphatic carboxylic acids is 1. The van der Waals surface area contributed by atoms with E-state index in [1.54, 1.807) is 12.3 Å². The number of pyridine rings is 1. The Bertz CT molecular complexity index is 609. The Kier molecular flexibility index (Phi) is 1.45. The van der Waals surface area contributed by atoms with Gasteiger partial charge in [-0.3, -0.25) is 4.98 Å². The number of nitrogens with zero attached hydrogens (tertiary/aromatic N) is 1. The molecule has 3 rings (SSSR count). The third-order valence-electron chi connectivity index (χ3n) is 2.62. The van der Waals surface area contributed by atoms with E-state index >= 15 is 0 Å². The summed E-state index contributed by atoms with van der Waals surface area (Å²) in [4.78, 5) is 15.2. The van der Waals surface area contributed by atoms with Crippen molar-refractivity contribution in [2.75, 3.05) is 0 Å². The molecular formula is C12H7NO2. The van der Waals surface area contributed by atoms with Crippen LogP contribution in [0.4, 0.5) is 0 Å². The third-order valence-corrected chi connectivity index (χ3v) is 2.62. The Morgan fingerprint density at radius 3 is 2.93 bits per heavy atom. The van der Waals surface area contributed by atoms with Crippen LogP contribution in [0.1, 0.15) is 11.3 Å². The van der Waals surface area contributed by atoms with Crippen molar-refractivity contribution in [2.45, 2.75) is 0 Å². The average Bonchev–Trinajstić information content (AvgIpc) is 2.61. The Hall–Kier alpha value is -2.16. The zero-order valence-corrected chi connectivity index (χ0v) is 7.77. The number of carboxylic acids is 1. The first-order valence-corrected chi connectivity index (χ1v) is 4.60. The van der Waals surface area contributed by atoms with Gasteiger partial charge in [0.1, 0.15) is 0 Å². The summed E-state index contributed by atoms with van der Waals surface area (Å²) in [7, 11) is 0. The molecule has 0 spiro atoms. The Labute approximate surface area is 85.7 Å². The molecule has 0 aliphatic heterocycles. The molecule has 1 heterocycles. The first kappa shape index (κ1) is 8.17. The maximum Gasteiger partial charge on any atom is 0.336 e. The lowest BCUT2D eigenvalue weighted by molar-refractivity contribution is -0.130. The van der Waals surface area contributed by atoms with Gasteiger partial charge in [-0.2, -0.15) is 0 Å². The van der Waals surface area contributed by atoms with Gasteiger partial charge in [-0.05, 0) is 23.1 Å². The van der Waals surface area contributed by atoms with Gasteiger partial charge in [0.05, 0.1) is 11.3 Å². The van der Waals surface area contributed by atoms with Crippen molar-refractivity contribution in [3.63, 3.8) is 0 Å². The minimum atomic E-state index is -0.902. The summed E-state index contributed by atoms with van der Waals surface area (Å²) in [6.07, 6.45) is 3.32. The van der Waals surface area contributed by atoms with Crippen LogP contribution in [0.2, 0.25) is 0 Å². The van der Waals surface area contributed by atoms with Crippen LogP contribution in [-0.4, -0.2) is 16.1 Å². The van der Waals surface area contributed by atoms with Gasteiger partial charge in [-0.1, -0.05) is 18.2 Å². The predicted molar refractivity (Wildman–Crippen MR) is 57.2 cm³/mol. The van der Waals surface area contributed by atoms with Gasteiger partial charge in [0.2, 0.25) is 0 Å². The molecule has 0 unspecified atom stereocenters. The summed E-state index contributed by atoms with van der Waals surface area (Å²) in [5.41, 5.74) is 1.85. The molecule has 1 aliphatic carbocycles. The van der Waals surface area contributed by atoms with Crippen molar-refractivity contribution in [3.8, 4) is 0 Å². The van der Waals surface area contributed by atoms with Crippen LogP contribution < -0.4 is 0 Å². The zero-order valence-electron chi connectivity index (χ0n) is 7.77. The van der Waals surface area contributed by atoms with E-state index < -0.39 is 5.97 Å². The molecule has 1 aromatic carbocycles. The molecular weight excluding hydrogens is 190 g/mol. The van der Waals surface area contributed by atoms with Gasteiger partial charge in [0, 0.05) is 11.6 Å². The average molecular weight is 197 g/mol. The Morgan fingerprint density at radius 1 is 1.27 bits per heavy atom. The van der Waals surface area contributed by atoms with Gasteiger partial charge in [-0.15, -0.1) is 0 Å². The second kappa shape index (κ2) is 2.67. The molecule has 1 N–H and O–H groups in total. The molecule has 2 aromatic rings. The van der Waals surface area contributed by atoms with Gasteiger partial charge in [0.25, 0.3) is 0 Å². The molecule has 0 atom stereocenters. The largest absolute Gasteiger partial charge is 0.478 e. The highest BCUT2D eigenvalue weighted by molar-refractivity contribution is 6.28. The second-order valence-electron chi connectivity index (χ2n) is 3.46. The van der Waals surface area contributed by atoms with Crippen molar-refractivity contribution < 1.29 is 9.90 Å². The minimum Gasteiger partial charge on any atom is -0.478 e. The van der Waals surface area contributed by atoms with Crippen LogP contribution in [0.5, 0.6) is 0 Å². The second-order valence-corrected chi connectivity index (χ2v) is 3.46. The smallest absolute Gasteiger partial charge is 0.336 e. The number of hydrogen-bond acceptors (Lipinski definition) is 2. The summed E-state index contributed by atoms with van der Waals surface area (Å²) >= 11 is 0. The van der Waals surface area contributed by atoms with E-state index in [2.05, 4.69) is 4.98 Å². The SMILES string of the molecule is O=C(O)C1=Cc2nccc3cccc1c23. The molecule has 0 radical (unpaired) electrons. The van der Waals surface area contributed by atoms with Gasteiger partial charge < -0.3 is 5.11 Å². The zero-order chi connectivity index (χ0) is 10.4. The molecule has 15 heavy (non-hydrogen) atoms. The summed E-state index contributed by atoms with van der Waals surface area (Å²) in [6, 6.07) is 7.54. The lowest BCUT2D eigenvalue weighted by Gasteiger charge is -2.01. The van der Waals surface area contributed by atoms with Gasteiger partial charge in [0.15, 0.2) is 0 Å². The van der Waals surface area contributed by atoms with Crippen molar-refractivity contribution in [1.29, 1.82) is 0 Å². The van der Waals surface area contributed by atoms with Gasteiger partial charge in [-0.25, -0.2) is 4.79 Å². The van der Waals surface area contributed by atoms with Crippen molar-refractivity contribution in [2.24, 2.45) is 0 Å². The molecule has 0 bridgehead atoms. The molecule has 0 amide bonds. The van der Waals surface area contributed by atoms with Crippen molar-refractivity contribution >= 4 is 28.4 Å². The fourth-order valence-electron chi connectivity index (χ4n) is 1.98. The molecule has 0 fully saturated rings. The lowest BCUT2D eigenvalue weighted by Crippen LogP contribution is -1.96. The maximum absolute atomic E-state index is 11.0. The summed E-state index contributed by atoms with van der Waals surface area (Å²) < 4.78 is 0. The summed E-state index contributed by atoms with van der Waals surface area (Å²) in [6.45, 7) is 0. The fourth-order valence-corrected chi connectivity index (χ4v) is 1.98. The van der Waals surface area contributed by atoms with Crippen molar-refractivity contribution in [3.05, 3.63) is 41.7 Å². The van der Waals surface area contributed by atoms with Crippen LogP contribution >= 0.6 is 0 Å². The lowest BCUT2D eigenvalue weighted by atomic mass is 10.0. The number of carbonyl (C=O) groups is 1. The molecule has 0 saturated heterocycles. The maximum atomic E-state index is 11.0. The van der Waals surface area contributed by atoms with E-state index in [4.69, 9.17) is 5.11 Å². The van der Waals surface area contributed by atoms with Crippen LogP contribution in [0.3, 0.4) is 0 Å². The van der Waals surface area contributed by atoms with E-state index in [1.165, 1.54) is 0 Å². The number of hydrogen-bond donors (Lipinski definition) is 1. The highest BCUT2D eigenvalue weighted by Crippen LogP contribution is 2.34. The van der Waals surface area contributed by atoms with Crippen LogP contribution in [0, 0.1) is 0 Å². The fraction of sp³-hybridized carbons (Fsp3) is 0. The van der Waals surface area contributed by atoms with E-state index in [-0.39, 0.29) is 0 Å². The summed E-state index contributed by atoms with van der Waals surface area (Å²) in [5.74, 6) is -0.902. The summed E-state index contributed by atoms with van der Waals surface area (Å²) in [5, 5.41) is 11.0. The van der Waals surface area contributed by atoms with Crippen LogP contribution in [-0.2, 0) is 4.79 Å². The Morgan fingerprint density at radius 2 is 2.13 bits per heavy atom. The highest BCUT2D eigenvalue weighted by atomic mass is 16.4. The molecule has 1 aliphatic rings. The van der Waals surface area contributed by atoms with Gasteiger partial charge >= 0.3 is 5.97 Å². The molecule has 1 aromatic heterocycles. The standard InChI is InChI=1S/C12H7NO2/c14-12(15)9-6-10-11-7(4-5-13-10)2-1-3-8(9)11/h1-6H,(H,14,15). The van der Waals surface area contributed by atoms with E-state index in [1.807, 2.05) is 24.3 Å². The number of carboxylic acid groups (broad SMARTS) is 1. The van der Waals surface area contributed by atoms with E-state index in [0.717, 1.165) is 22.0 Å². The first-order chi connectivity index (χ1) is 7.27. The molecule has 0 saturated carbocycles. The van der Waals surface area contributed by atoms with Crippen LogP contribution in [0.15, 0.2) is 30.5 Å².